The topological polar surface area (TPSA) is 24.4 Å². The first-order valence-electron chi connectivity index (χ1n) is 3.84. The number of rotatable bonds is 2. The molecule has 1 atom stereocenters. The van der Waals surface area contributed by atoms with Gasteiger partial charge in [0.1, 0.15) is 0 Å². The maximum atomic E-state index is 4.21. The predicted octanol–water partition coefficient (Wildman–Crippen LogP) is 1.64. The maximum Gasteiger partial charge on any atom is 0.0898 e. The van der Waals surface area contributed by atoms with Crippen LogP contribution in [-0.2, 0) is 0 Å². The Morgan fingerprint density at radius 2 is 2.64 bits per heavy atom. The van der Waals surface area contributed by atoms with Crippen LogP contribution in [0.25, 0.3) is 0 Å². The van der Waals surface area contributed by atoms with Crippen molar-refractivity contribution in [1.29, 1.82) is 0 Å². The van der Waals surface area contributed by atoms with Crippen molar-refractivity contribution in [2.75, 3.05) is 12.8 Å². The Balaban J connectivity index is 2.53. The Morgan fingerprint density at radius 1 is 1.82 bits per heavy atom. The minimum atomic E-state index is 0.489. The largest absolute Gasteiger partial charge is 0.308 e. The number of thioether (sulfide) groups is 1. The molecule has 0 amide bonds. The number of hydrogen-bond donors (Lipinski definition) is 1. The molecule has 11 heavy (non-hydrogen) atoms. The van der Waals surface area contributed by atoms with Crippen molar-refractivity contribution in [3.05, 3.63) is 12.8 Å². The summed E-state index contributed by atoms with van der Waals surface area (Å²) in [5.74, 6) is 0. The van der Waals surface area contributed by atoms with E-state index >= 15 is 0 Å². The van der Waals surface area contributed by atoms with E-state index in [1.54, 1.807) is 18.0 Å². The second-order valence-corrected chi connectivity index (χ2v) is 3.33. The molecular weight excluding hydrogens is 156 g/mol. The van der Waals surface area contributed by atoms with Gasteiger partial charge in [-0.2, -0.15) is 0 Å². The monoisotopic (exact) mass is 170 g/mol. The highest BCUT2D eigenvalue weighted by Crippen LogP contribution is 2.13. The number of nitrogens with one attached hydrogen (secondary N) is 1. The van der Waals surface area contributed by atoms with Crippen LogP contribution < -0.4 is 5.32 Å². The first-order chi connectivity index (χ1) is 5.38. The fourth-order valence-electron chi connectivity index (χ4n) is 1.27. The molecule has 2 nitrogen and oxygen atoms in total. The zero-order valence-corrected chi connectivity index (χ0v) is 7.66. The molecule has 0 aliphatic carbocycles. The minimum Gasteiger partial charge on any atom is -0.308 e. The highest BCUT2D eigenvalue weighted by Gasteiger charge is 2.18. The average molecular weight is 170 g/mol. The molecule has 1 rings (SSSR count). The molecule has 0 aromatic heterocycles. The third-order valence-corrected chi connectivity index (χ3v) is 2.59. The normalized spacial score (nSPS) is 25.5. The van der Waals surface area contributed by atoms with Crippen molar-refractivity contribution in [2.45, 2.75) is 18.9 Å². The van der Waals surface area contributed by atoms with Crippen LogP contribution in [0.4, 0.5) is 0 Å². The summed E-state index contributed by atoms with van der Waals surface area (Å²) in [5, 5.41) is 4.56. The van der Waals surface area contributed by atoms with E-state index in [0.29, 0.717) is 6.04 Å². The summed E-state index contributed by atoms with van der Waals surface area (Å²) in [6.45, 7) is 4.72. The van der Waals surface area contributed by atoms with Gasteiger partial charge in [-0.3, -0.25) is 4.99 Å². The van der Waals surface area contributed by atoms with Crippen LogP contribution in [0, 0.1) is 0 Å². The second kappa shape index (κ2) is 4.57. The van der Waals surface area contributed by atoms with Crippen molar-refractivity contribution < 1.29 is 0 Å². The van der Waals surface area contributed by atoms with Gasteiger partial charge in [-0.05, 0) is 25.6 Å². The molecule has 0 spiro atoms. The third kappa shape index (κ3) is 2.34. The Bertz CT molecular complexity index is 159. The molecule has 0 aromatic rings. The number of aliphatic imine (C=N–C) groups is 1. The Kier molecular flexibility index (Phi) is 3.66. The highest BCUT2D eigenvalue weighted by atomic mass is 32.2. The smallest absolute Gasteiger partial charge is 0.0898 e. The first-order valence-corrected chi connectivity index (χ1v) is 5.07. The van der Waals surface area contributed by atoms with Crippen molar-refractivity contribution in [3.8, 4) is 0 Å². The SMILES string of the molecule is C=CN=C(SC)C1CCCN1. The van der Waals surface area contributed by atoms with E-state index in [4.69, 9.17) is 0 Å². The lowest BCUT2D eigenvalue weighted by Crippen LogP contribution is -2.28. The molecule has 3 heteroatoms. The van der Waals surface area contributed by atoms with Crippen LogP contribution in [0.15, 0.2) is 17.8 Å². The van der Waals surface area contributed by atoms with Crippen molar-refractivity contribution in [1.82, 2.24) is 5.32 Å². The lowest BCUT2D eigenvalue weighted by Gasteiger charge is -2.09. The van der Waals surface area contributed by atoms with Gasteiger partial charge in [0.15, 0.2) is 0 Å². The van der Waals surface area contributed by atoms with Gasteiger partial charge < -0.3 is 5.32 Å². The highest BCUT2D eigenvalue weighted by molar-refractivity contribution is 8.13. The summed E-state index contributed by atoms with van der Waals surface area (Å²) < 4.78 is 0. The quantitative estimate of drug-likeness (QED) is 0.503. The van der Waals surface area contributed by atoms with Crippen molar-refractivity contribution in [2.24, 2.45) is 4.99 Å². The second-order valence-electron chi connectivity index (χ2n) is 2.50. The van der Waals surface area contributed by atoms with Gasteiger partial charge in [-0.25, -0.2) is 0 Å². The molecule has 0 bridgehead atoms. The fourth-order valence-corrected chi connectivity index (χ4v) is 1.94. The van der Waals surface area contributed by atoms with Gasteiger partial charge in [0.25, 0.3) is 0 Å². The van der Waals surface area contributed by atoms with Gasteiger partial charge in [0.2, 0.25) is 0 Å². The van der Waals surface area contributed by atoms with Crippen LogP contribution in [0.1, 0.15) is 12.8 Å². The van der Waals surface area contributed by atoms with Gasteiger partial charge in [0.05, 0.1) is 11.1 Å². The van der Waals surface area contributed by atoms with E-state index in [1.165, 1.54) is 12.8 Å². The standard InChI is InChI=1S/C8H14N2S/c1-3-9-8(11-2)7-5-4-6-10-7/h3,7,10H,1,4-6H2,2H3. The first kappa shape index (κ1) is 8.81. The van der Waals surface area contributed by atoms with Crippen LogP contribution >= 0.6 is 11.8 Å². The molecule has 0 saturated carbocycles. The molecule has 1 aliphatic rings. The maximum absolute atomic E-state index is 4.21. The summed E-state index contributed by atoms with van der Waals surface area (Å²) >= 11 is 1.71. The van der Waals surface area contributed by atoms with Crippen LogP contribution in [-0.4, -0.2) is 23.9 Å². The minimum absolute atomic E-state index is 0.489. The number of hydrogen-bond acceptors (Lipinski definition) is 3. The van der Waals surface area contributed by atoms with Crippen LogP contribution in [0.2, 0.25) is 0 Å². The number of nitrogens with zero attached hydrogens (tertiary/aromatic N) is 1. The lowest BCUT2D eigenvalue weighted by atomic mass is 10.2. The summed E-state index contributed by atoms with van der Waals surface area (Å²) in [4.78, 5) is 4.21. The summed E-state index contributed by atoms with van der Waals surface area (Å²) in [5.41, 5.74) is 0. The Hall–Kier alpha value is -0.280. The van der Waals surface area contributed by atoms with E-state index in [1.807, 2.05) is 0 Å². The molecule has 1 saturated heterocycles. The molecule has 0 radical (unpaired) electrons. The molecule has 1 fully saturated rings. The van der Waals surface area contributed by atoms with E-state index < -0.39 is 0 Å². The lowest BCUT2D eigenvalue weighted by molar-refractivity contribution is 0.771. The van der Waals surface area contributed by atoms with E-state index in [9.17, 15) is 0 Å². The molecule has 1 heterocycles. The van der Waals surface area contributed by atoms with Gasteiger partial charge >= 0.3 is 0 Å². The summed E-state index contributed by atoms with van der Waals surface area (Å²) in [6.07, 6.45) is 6.16. The van der Waals surface area contributed by atoms with Gasteiger partial charge in [-0.15, -0.1) is 11.8 Å². The van der Waals surface area contributed by atoms with E-state index in [-0.39, 0.29) is 0 Å². The Morgan fingerprint density at radius 3 is 3.09 bits per heavy atom. The van der Waals surface area contributed by atoms with E-state index in [0.717, 1.165) is 11.6 Å². The molecule has 1 N–H and O–H groups in total. The van der Waals surface area contributed by atoms with Gasteiger partial charge in [-0.1, -0.05) is 6.58 Å². The zero-order valence-electron chi connectivity index (χ0n) is 6.84. The van der Waals surface area contributed by atoms with Crippen molar-refractivity contribution >= 4 is 16.8 Å². The predicted molar refractivity (Wildman–Crippen MR) is 52.2 cm³/mol. The molecule has 1 unspecified atom stereocenters. The third-order valence-electron chi connectivity index (χ3n) is 1.79. The fraction of sp³-hybridized carbons (Fsp3) is 0.625. The summed E-state index contributed by atoms with van der Waals surface area (Å²) in [6, 6.07) is 0.489. The Labute approximate surface area is 72.2 Å². The molecule has 1 aliphatic heterocycles. The van der Waals surface area contributed by atoms with E-state index in [2.05, 4.69) is 23.1 Å². The molecule has 0 aromatic carbocycles. The van der Waals surface area contributed by atoms with Crippen LogP contribution in [0.5, 0.6) is 0 Å². The molecular formula is C8H14N2S. The van der Waals surface area contributed by atoms with Crippen LogP contribution in [0.3, 0.4) is 0 Å². The van der Waals surface area contributed by atoms with Crippen molar-refractivity contribution in [3.63, 3.8) is 0 Å². The average Bonchev–Trinajstić information content (AvgIpc) is 2.52. The van der Waals surface area contributed by atoms with Gasteiger partial charge in [0, 0.05) is 6.20 Å². The summed E-state index contributed by atoms with van der Waals surface area (Å²) in [7, 11) is 0. The molecule has 62 valence electrons. The zero-order chi connectivity index (χ0) is 8.10.